The van der Waals surface area contributed by atoms with Crippen LogP contribution in [0.1, 0.15) is 72.3 Å². The fraction of sp³-hybridized carbons (Fsp3) is 0.440. The van der Waals surface area contributed by atoms with E-state index in [1.165, 1.54) is 17.3 Å². The molecule has 7 nitrogen and oxygen atoms in total. The maximum Gasteiger partial charge on any atom is 0.349 e. The number of rotatable bonds is 7. The van der Waals surface area contributed by atoms with E-state index in [1.807, 2.05) is 37.3 Å². The Labute approximate surface area is 196 Å². The van der Waals surface area contributed by atoms with Crippen LogP contribution in [0.3, 0.4) is 0 Å². The van der Waals surface area contributed by atoms with Crippen molar-refractivity contribution in [2.24, 2.45) is 0 Å². The molecule has 2 heterocycles. The first kappa shape index (κ1) is 23.2. The van der Waals surface area contributed by atoms with E-state index in [2.05, 4.69) is 4.98 Å². The molecule has 174 valence electrons. The summed E-state index contributed by atoms with van der Waals surface area (Å²) in [6, 6.07) is 8.66. The van der Waals surface area contributed by atoms with Gasteiger partial charge in [0.1, 0.15) is 28.5 Å². The van der Waals surface area contributed by atoms with Crippen LogP contribution in [-0.2, 0) is 20.9 Å². The molecule has 0 amide bonds. The number of carbonyl (C=O) groups excluding carboxylic acids is 2. The lowest BCUT2D eigenvalue weighted by atomic mass is 9.98. The Balaban J connectivity index is 1.57. The average molecular weight is 469 g/mol. The number of nitrogens with zero attached hydrogens (tertiary/aromatic N) is 2. The van der Waals surface area contributed by atoms with Gasteiger partial charge in [-0.2, -0.15) is 0 Å². The number of carbonyl (C=O) groups is 2. The second-order valence-electron chi connectivity index (χ2n) is 8.38. The maximum absolute atomic E-state index is 13.3. The van der Waals surface area contributed by atoms with E-state index < -0.39 is 18.0 Å². The predicted molar refractivity (Wildman–Crippen MR) is 126 cm³/mol. The van der Waals surface area contributed by atoms with Crippen LogP contribution in [-0.4, -0.2) is 27.6 Å². The Morgan fingerprint density at radius 2 is 1.91 bits per heavy atom. The Morgan fingerprint density at radius 3 is 2.61 bits per heavy atom. The van der Waals surface area contributed by atoms with Gasteiger partial charge < -0.3 is 9.47 Å². The molecule has 8 heteroatoms. The third-order valence-electron chi connectivity index (χ3n) is 6.10. The highest BCUT2D eigenvalue weighted by atomic mass is 32.1. The highest BCUT2D eigenvalue weighted by Crippen LogP contribution is 2.29. The van der Waals surface area contributed by atoms with Crippen molar-refractivity contribution < 1.29 is 19.1 Å². The van der Waals surface area contributed by atoms with Crippen LogP contribution in [0.25, 0.3) is 10.2 Å². The fourth-order valence-electron chi connectivity index (χ4n) is 4.25. The highest BCUT2D eigenvalue weighted by Gasteiger charge is 2.28. The summed E-state index contributed by atoms with van der Waals surface area (Å²) in [6.07, 6.45) is 6.72. The van der Waals surface area contributed by atoms with Crippen LogP contribution < -0.4 is 5.56 Å². The van der Waals surface area contributed by atoms with E-state index in [9.17, 15) is 14.4 Å². The molecule has 0 saturated heterocycles. The Bertz CT molecular complexity index is 1190. The Morgan fingerprint density at radius 1 is 1.18 bits per heavy atom. The minimum Gasteiger partial charge on any atom is -0.461 e. The highest BCUT2D eigenvalue weighted by molar-refractivity contribution is 7.20. The van der Waals surface area contributed by atoms with Gasteiger partial charge in [-0.15, -0.1) is 11.3 Å². The summed E-state index contributed by atoms with van der Waals surface area (Å²) in [5.41, 5.74) is 1.06. The molecule has 1 aliphatic carbocycles. The van der Waals surface area contributed by atoms with E-state index in [0.717, 1.165) is 42.6 Å². The van der Waals surface area contributed by atoms with Crippen molar-refractivity contribution in [1.82, 2.24) is 9.55 Å². The lowest BCUT2D eigenvalue weighted by molar-refractivity contribution is -0.154. The summed E-state index contributed by atoms with van der Waals surface area (Å²) in [5, 5.41) is 0.345. The molecule has 2 aromatic heterocycles. The monoisotopic (exact) mass is 468 g/mol. The molecule has 1 unspecified atom stereocenters. The fourth-order valence-corrected chi connectivity index (χ4v) is 5.28. The summed E-state index contributed by atoms with van der Waals surface area (Å²) in [5.74, 6) is -0.892. The van der Waals surface area contributed by atoms with Crippen molar-refractivity contribution in [3.8, 4) is 0 Å². The van der Waals surface area contributed by atoms with Gasteiger partial charge in [-0.3, -0.25) is 9.36 Å². The minimum atomic E-state index is -0.746. The molecular weight excluding hydrogens is 440 g/mol. The first-order chi connectivity index (χ1) is 16.0. The summed E-state index contributed by atoms with van der Waals surface area (Å²) in [7, 11) is 0. The molecule has 1 aromatic carbocycles. The van der Waals surface area contributed by atoms with Gasteiger partial charge in [0.2, 0.25) is 0 Å². The number of thiophene rings is 1. The summed E-state index contributed by atoms with van der Waals surface area (Å²) >= 11 is 1.13. The second kappa shape index (κ2) is 10.3. The molecule has 3 aromatic rings. The molecule has 33 heavy (non-hydrogen) atoms. The molecule has 0 bridgehead atoms. The first-order valence-electron chi connectivity index (χ1n) is 11.4. The number of hydrogen-bond acceptors (Lipinski definition) is 7. The first-order valence-corrected chi connectivity index (χ1v) is 12.2. The third-order valence-corrected chi connectivity index (χ3v) is 7.28. The van der Waals surface area contributed by atoms with Crippen molar-refractivity contribution >= 4 is 33.5 Å². The third kappa shape index (κ3) is 5.00. The van der Waals surface area contributed by atoms with Crippen molar-refractivity contribution in [3.63, 3.8) is 0 Å². The molecule has 0 spiro atoms. The normalized spacial score (nSPS) is 15.3. The molecule has 1 saturated carbocycles. The SMILES string of the molecule is CCC(C(=O)OC1CCCCC1)n1cnc2sc(C(=O)OCc3ccccc3)c(C)c2c1=O. The van der Waals surface area contributed by atoms with Crippen LogP contribution >= 0.6 is 11.3 Å². The average Bonchev–Trinajstić information content (AvgIpc) is 3.18. The molecule has 1 aliphatic rings. The second-order valence-corrected chi connectivity index (χ2v) is 9.38. The van der Waals surface area contributed by atoms with Crippen LogP contribution in [0.2, 0.25) is 0 Å². The Kier molecular flexibility index (Phi) is 7.23. The number of esters is 2. The van der Waals surface area contributed by atoms with Gasteiger partial charge in [0.05, 0.1) is 11.7 Å². The van der Waals surface area contributed by atoms with Crippen LogP contribution in [0, 0.1) is 6.92 Å². The van der Waals surface area contributed by atoms with Crippen molar-refractivity contribution in [2.75, 3.05) is 0 Å². The predicted octanol–water partition coefficient (Wildman–Crippen LogP) is 4.95. The van der Waals surface area contributed by atoms with Gasteiger partial charge in [0.25, 0.3) is 5.56 Å². The van der Waals surface area contributed by atoms with Gasteiger partial charge in [0, 0.05) is 0 Å². The van der Waals surface area contributed by atoms with E-state index in [1.54, 1.807) is 6.92 Å². The standard InChI is InChI=1S/C25H28N2O5S/c1-3-19(24(29)32-18-12-8-5-9-13-18)27-15-26-22-20(23(27)28)16(2)21(33-22)25(30)31-14-17-10-6-4-7-11-17/h4,6-7,10-11,15,18-19H,3,5,8-9,12-14H2,1-2H3. The summed E-state index contributed by atoms with van der Waals surface area (Å²) in [4.78, 5) is 44.1. The minimum absolute atomic E-state index is 0.0819. The quantitative estimate of drug-likeness (QED) is 0.456. The van der Waals surface area contributed by atoms with E-state index in [4.69, 9.17) is 9.47 Å². The molecule has 0 radical (unpaired) electrons. The summed E-state index contributed by atoms with van der Waals surface area (Å²) in [6.45, 7) is 3.71. The maximum atomic E-state index is 13.3. The molecule has 1 atom stereocenters. The van der Waals surface area contributed by atoms with Crippen LogP contribution in [0.4, 0.5) is 0 Å². The van der Waals surface area contributed by atoms with Gasteiger partial charge in [0.15, 0.2) is 0 Å². The van der Waals surface area contributed by atoms with E-state index >= 15 is 0 Å². The number of hydrogen-bond donors (Lipinski definition) is 0. The Hall–Kier alpha value is -3.00. The van der Waals surface area contributed by atoms with Crippen molar-refractivity contribution in [1.29, 1.82) is 0 Å². The lowest BCUT2D eigenvalue weighted by Crippen LogP contribution is -2.33. The zero-order valence-electron chi connectivity index (χ0n) is 18.9. The molecular formula is C25H28N2O5S. The number of fused-ring (bicyclic) bond motifs is 1. The van der Waals surface area contributed by atoms with E-state index in [0.29, 0.717) is 27.1 Å². The van der Waals surface area contributed by atoms with Crippen LogP contribution in [0.5, 0.6) is 0 Å². The largest absolute Gasteiger partial charge is 0.461 e. The zero-order chi connectivity index (χ0) is 23.4. The number of aryl methyl sites for hydroxylation is 1. The molecule has 4 rings (SSSR count). The van der Waals surface area contributed by atoms with Gasteiger partial charge in [-0.1, -0.05) is 43.7 Å². The van der Waals surface area contributed by atoms with Gasteiger partial charge in [-0.25, -0.2) is 14.6 Å². The smallest absolute Gasteiger partial charge is 0.349 e. The molecule has 1 fully saturated rings. The number of ether oxygens (including phenoxy) is 2. The van der Waals surface area contributed by atoms with Crippen molar-refractivity contribution in [3.05, 3.63) is 63.0 Å². The van der Waals surface area contributed by atoms with Crippen molar-refractivity contribution in [2.45, 2.75) is 71.1 Å². The zero-order valence-corrected chi connectivity index (χ0v) is 19.7. The lowest BCUT2D eigenvalue weighted by Gasteiger charge is -2.25. The van der Waals surface area contributed by atoms with Gasteiger partial charge >= 0.3 is 11.9 Å². The molecule has 0 aliphatic heterocycles. The topological polar surface area (TPSA) is 87.5 Å². The number of aromatic nitrogens is 2. The summed E-state index contributed by atoms with van der Waals surface area (Å²) < 4.78 is 12.5. The molecule has 0 N–H and O–H groups in total. The van der Waals surface area contributed by atoms with Crippen LogP contribution in [0.15, 0.2) is 41.5 Å². The number of benzene rings is 1. The van der Waals surface area contributed by atoms with Gasteiger partial charge in [-0.05, 0) is 50.2 Å². The van der Waals surface area contributed by atoms with E-state index in [-0.39, 0.29) is 18.3 Å².